The van der Waals surface area contributed by atoms with Gasteiger partial charge in [-0.25, -0.2) is 8.78 Å². The van der Waals surface area contributed by atoms with Crippen LogP contribution in [0.1, 0.15) is 30.5 Å². The number of furan rings is 1. The molecule has 1 N–H and O–H groups in total. The van der Waals surface area contributed by atoms with Crippen LogP contribution in [-0.2, 0) is 0 Å². The molecule has 0 saturated heterocycles. The Morgan fingerprint density at radius 1 is 1.26 bits per heavy atom. The number of rotatable bonds is 5. The lowest BCUT2D eigenvalue weighted by Gasteiger charge is -2.19. The Kier molecular flexibility index (Phi) is 4.71. The Morgan fingerprint density at radius 2 is 2.05 bits per heavy atom. The summed E-state index contributed by atoms with van der Waals surface area (Å²) in [6.07, 6.45) is 2.40. The molecule has 1 aromatic carbocycles. The summed E-state index contributed by atoms with van der Waals surface area (Å²) >= 11 is 3.28. The second-order valence-corrected chi connectivity index (χ2v) is 4.92. The fraction of sp³-hybridized carbons (Fsp3) is 0.286. The largest absolute Gasteiger partial charge is 0.457 e. The van der Waals surface area contributed by atoms with Crippen LogP contribution in [0, 0.1) is 11.6 Å². The molecule has 1 atom stereocenters. The highest BCUT2D eigenvalue weighted by Gasteiger charge is 2.21. The average molecular weight is 330 g/mol. The van der Waals surface area contributed by atoms with Gasteiger partial charge in [-0.1, -0.05) is 6.92 Å². The van der Waals surface area contributed by atoms with Crippen LogP contribution < -0.4 is 5.32 Å². The SMILES string of the molecule is CCCNC(c1cc(F)ccc1F)c1ccoc1Br. The number of hydrogen-bond donors (Lipinski definition) is 1. The van der Waals surface area contributed by atoms with E-state index in [1.165, 1.54) is 12.3 Å². The van der Waals surface area contributed by atoms with Crippen LogP contribution in [0.25, 0.3) is 0 Å². The molecule has 0 saturated carbocycles. The molecule has 1 heterocycles. The molecule has 0 bridgehead atoms. The van der Waals surface area contributed by atoms with Crippen molar-refractivity contribution in [3.63, 3.8) is 0 Å². The zero-order valence-electron chi connectivity index (χ0n) is 10.4. The molecule has 1 unspecified atom stereocenters. The lowest BCUT2D eigenvalue weighted by Crippen LogP contribution is -2.24. The molecule has 0 fully saturated rings. The summed E-state index contributed by atoms with van der Waals surface area (Å²) in [6, 6.07) is 4.76. The summed E-state index contributed by atoms with van der Waals surface area (Å²) in [6.45, 7) is 2.70. The number of benzene rings is 1. The lowest BCUT2D eigenvalue weighted by molar-refractivity contribution is 0.509. The van der Waals surface area contributed by atoms with Crippen molar-refractivity contribution in [3.8, 4) is 0 Å². The number of hydrogen-bond acceptors (Lipinski definition) is 2. The third kappa shape index (κ3) is 3.22. The van der Waals surface area contributed by atoms with Gasteiger partial charge in [0.05, 0.1) is 12.3 Å². The maximum Gasteiger partial charge on any atom is 0.174 e. The molecule has 1 aromatic heterocycles. The van der Waals surface area contributed by atoms with Gasteiger partial charge in [0.25, 0.3) is 0 Å². The Hall–Kier alpha value is -1.20. The first-order chi connectivity index (χ1) is 9.13. The van der Waals surface area contributed by atoms with Crippen LogP contribution in [0.2, 0.25) is 0 Å². The van der Waals surface area contributed by atoms with Gasteiger partial charge in [0.1, 0.15) is 11.6 Å². The lowest BCUT2D eigenvalue weighted by atomic mass is 10.0. The third-order valence-corrected chi connectivity index (χ3v) is 3.47. The first-order valence-corrected chi connectivity index (χ1v) is 6.84. The van der Waals surface area contributed by atoms with E-state index in [1.54, 1.807) is 6.07 Å². The summed E-state index contributed by atoms with van der Waals surface area (Å²) in [5, 5.41) is 3.20. The molecular weight excluding hydrogens is 316 g/mol. The van der Waals surface area contributed by atoms with E-state index in [9.17, 15) is 8.78 Å². The maximum absolute atomic E-state index is 13.9. The average Bonchev–Trinajstić information content (AvgIpc) is 2.80. The number of halogens is 3. The summed E-state index contributed by atoms with van der Waals surface area (Å²) < 4.78 is 33.0. The zero-order chi connectivity index (χ0) is 13.8. The van der Waals surface area contributed by atoms with Gasteiger partial charge in [0.15, 0.2) is 4.67 Å². The van der Waals surface area contributed by atoms with Crippen LogP contribution in [0.5, 0.6) is 0 Å². The molecule has 0 radical (unpaired) electrons. The Bertz CT molecular complexity index is 556. The highest BCUT2D eigenvalue weighted by molar-refractivity contribution is 9.10. The quantitative estimate of drug-likeness (QED) is 0.878. The normalized spacial score (nSPS) is 12.6. The van der Waals surface area contributed by atoms with Crippen molar-refractivity contribution in [2.75, 3.05) is 6.54 Å². The molecule has 0 spiro atoms. The fourth-order valence-corrected chi connectivity index (χ4v) is 2.39. The summed E-state index contributed by atoms with van der Waals surface area (Å²) in [4.78, 5) is 0. The first kappa shape index (κ1) is 14.2. The van der Waals surface area contributed by atoms with Gasteiger partial charge < -0.3 is 9.73 Å². The Balaban J connectivity index is 2.42. The van der Waals surface area contributed by atoms with Crippen LogP contribution in [-0.4, -0.2) is 6.54 Å². The van der Waals surface area contributed by atoms with Crippen LogP contribution >= 0.6 is 15.9 Å². The van der Waals surface area contributed by atoms with E-state index < -0.39 is 17.7 Å². The van der Waals surface area contributed by atoms with Crippen molar-refractivity contribution >= 4 is 15.9 Å². The van der Waals surface area contributed by atoms with Gasteiger partial charge in [-0.15, -0.1) is 0 Å². The second kappa shape index (κ2) is 6.30. The van der Waals surface area contributed by atoms with Gasteiger partial charge in [-0.05, 0) is 53.2 Å². The van der Waals surface area contributed by atoms with Gasteiger partial charge >= 0.3 is 0 Å². The van der Waals surface area contributed by atoms with Crippen LogP contribution in [0.3, 0.4) is 0 Å². The molecule has 0 aliphatic heterocycles. The van der Waals surface area contributed by atoms with Crippen molar-refractivity contribution in [1.29, 1.82) is 0 Å². The van der Waals surface area contributed by atoms with E-state index in [4.69, 9.17) is 4.42 Å². The van der Waals surface area contributed by atoms with E-state index in [0.29, 0.717) is 11.2 Å². The summed E-state index contributed by atoms with van der Waals surface area (Å²) in [7, 11) is 0. The minimum Gasteiger partial charge on any atom is -0.457 e. The first-order valence-electron chi connectivity index (χ1n) is 6.04. The maximum atomic E-state index is 13.9. The minimum absolute atomic E-state index is 0.274. The minimum atomic E-state index is -0.459. The van der Waals surface area contributed by atoms with E-state index >= 15 is 0 Å². The molecule has 0 aliphatic rings. The molecule has 102 valence electrons. The molecule has 0 aliphatic carbocycles. The van der Waals surface area contributed by atoms with E-state index in [0.717, 1.165) is 24.1 Å². The van der Waals surface area contributed by atoms with E-state index in [2.05, 4.69) is 21.2 Å². The van der Waals surface area contributed by atoms with Crippen LogP contribution in [0.15, 0.2) is 39.6 Å². The van der Waals surface area contributed by atoms with Gasteiger partial charge in [-0.2, -0.15) is 0 Å². The zero-order valence-corrected chi connectivity index (χ0v) is 12.0. The highest BCUT2D eigenvalue weighted by Crippen LogP contribution is 2.31. The van der Waals surface area contributed by atoms with Gasteiger partial charge in [0.2, 0.25) is 0 Å². The number of nitrogens with one attached hydrogen (secondary N) is 1. The van der Waals surface area contributed by atoms with Gasteiger partial charge in [-0.3, -0.25) is 0 Å². The Labute approximate surface area is 118 Å². The molecule has 19 heavy (non-hydrogen) atoms. The standard InChI is InChI=1S/C14H14BrF2NO/c1-2-6-18-13(10-5-7-19-14(10)15)11-8-9(16)3-4-12(11)17/h3-5,7-8,13,18H,2,6H2,1H3. The third-order valence-electron chi connectivity index (χ3n) is 2.82. The van der Waals surface area contributed by atoms with Gasteiger partial charge in [0, 0.05) is 11.1 Å². The summed E-state index contributed by atoms with van der Waals surface area (Å²) in [5.74, 6) is -0.901. The molecule has 2 aromatic rings. The molecule has 2 rings (SSSR count). The second-order valence-electron chi connectivity index (χ2n) is 4.20. The topological polar surface area (TPSA) is 25.2 Å². The predicted octanol–water partition coefficient (Wildman–Crippen LogP) is 4.41. The molecule has 5 heteroatoms. The fourth-order valence-electron chi connectivity index (χ4n) is 1.92. The van der Waals surface area contributed by atoms with E-state index in [-0.39, 0.29) is 5.56 Å². The predicted molar refractivity (Wildman–Crippen MR) is 72.9 cm³/mol. The van der Waals surface area contributed by atoms with Crippen molar-refractivity contribution in [3.05, 3.63) is 58.0 Å². The van der Waals surface area contributed by atoms with Crippen LogP contribution in [0.4, 0.5) is 8.78 Å². The Morgan fingerprint density at radius 3 is 2.68 bits per heavy atom. The van der Waals surface area contributed by atoms with Crippen molar-refractivity contribution in [2.24, 2.45) is 0 Å². The molecule has 2 nitrogen and oxygen atoms in total. The van der Waals surface area contributed by atoms with Crippen molar-refractivity contribution in [1.82, 2.24) is 5.32 Å². The molecular formula is C14H14BrF2NO. The monoisotopic (exact) mass is 329 g/mol. The highest BCUT2D eigenvalue weighted by atomic mass is 79.9. The molecule has 0 amide bonds. The summed E-state index contributed by atoms with van der Waals surface area (Å²) in [5.41, 5.74) is 1.02. The van der Waals surface area contributed by atoms with Crippen molar-refractivity contribution < 1.29 is 13.2 Å². The smallest absolute Gasteiger partial charge is 0.174 e. The van der Waals surface area contributed by atoms with Crippen molar-refractivity contribution in [2.45, 2.75) is 19.4 Å². The van der Waals surface area contributed by atoms with E-state index in [1.807, 2.05) is 6.92 Å².